The van der Waals surface area contributed by atoms with Gasteiger partial charge in [0.05, 0.1) is 0 Å². The number of rotatable bonds is 5. The Morgan fingerprint density at radius 2 is 1.80 bits per heavy atom. The highest BCUT2D eigenvalue weighted by Crippen LogP contribution is 2.22. The second-order valence-corrected chi connectivity index (χ2v) is 7.32. The number of hydrogen-bond donors (Lipinski definition) is 3. The van der Waals surface area contributed by atoms with Crippen LogP contribution in [0.15, 0.2) is 60.8 Å². The summed E-state index contributed by atoms with van der Waals surface area (Å²) in [5.41, 5.74) is 10.5. The highest BCUT2D eigenvalue weighted by atomic mass is 15.0. The standard InChI is InChI=1S/C22H27N3/c23-20(14-17-15-24-21-11-5-4-10-19(17)21)22-12-6-9-18(25-22)13-16-7-2-1-3-8-16/h1-5,7-8,10-11,15,18,20,22,24-25H,6,9,12-14,23H2/t18-,20-,22+/m1/s1. The lowest BCUT2D eigenvalue weighted by atomic mass is 9.88. The van der Waals surface area contributed by atoms with Crippen molar-refractivity contribution in [3.63, 3.8) is 0 Å². The quantitative estimate of drug-likeness (QED) is 0.665. The zero-order valence-corrected chi connectivity index (χ0v) is 14.6. The molecule has 1 aliphatic rings. The lowest BCUT2D eigenvalue weighted by Gasteiger charge is -2.34. The maximum atomic E-state index is 6.61. The second kappa shape index (κ2) is 7.42. The van der Waals surface area contributed by atoms with Crippen LogP contribution >= 0.6 is 0 Å². The van der Waals surface area contributed by atoms with Crippen LogP contribution in [-0.4, -0.2) is 23.1 Å². The Labute approximate surface area is 149 Å². The van der Waals surface area contributed by atoms with Crippen molar-refractivity contribution >= 4 is 10.9 Å². The van der Waals surface area contributed by atoms with Crippen LogP contribution in [-0.2, 0) is 12.8 Å². The minimum atomic E-state index is 0.151. The van der Waals surface area contributed by atoms with E-state index in [1.807, 2.05) is 0 Å². The summed E-state index contributed by atoms with van der Waals surface area (Å²) in [7, 11) is 0. The zero-order chi connectivity index (χ0) is 17.1. The van der Waals surface area contributed by atoms with Crippen molar-refractivity contribution in [3.8, 4) is 0 Å². The molecule has 0 saturated carbocycles. The van der Waals surface area contributed by atoms with Crippen molar-refractivity contribution in [1.29, 1.82) is 0 Å². The monoisotopic (exact) mass is 333 g/mol. The smallest absolute Gasteiger partial charge is 0.0456 e. The van der Waals surface area contributed by atoms with Crippen LogP contribution in [0.25, 0.3) is 10.9 Å². The molecule has 1 fully saturated rings. The molecule has 25 heavy (non-hydrogen) atoms. The number of benzene rings is 2. The van der Waals surface area contributed by atoms with Gasteiger partial charge in [0.1, 0.15) is 0 Å². The Morgan fingerprint density at radius 3 is 2.68 bits per heavy atom. The largest absolute Gasteiger partial charge is 0.361 e. The summed E-state index contributed by atoms with van der Waals surface area (Å²) in [6.07, 6.45) is 7.81. The van der Waals surface area contributed by atoms with Gasteiger partial charge in [-0.3, -0.25) is 0 Å². The third-order valence-corrected chi connectivity index (χ3v) is 5.49. The van der Waals surface area contributed by atoms with E-state index in [-0.39, 0.29) is 6.04 Å². The fourth-order valence-corrected chi connectivity index (χ4v) is 4.15. The first-order valence-corrected chi connectivity index (χ1v) is 9.40. The molecule has 3 heteroatoms. The molecular formula is C22H27N3. The Morgan fingerprint density at radius 1 is 1.00 bits per heavy atom. The summed E-state index contributed by atoms with van der Waals surface area (Å²) in [6.45, 7) is 0. The first-order valence-electron chi connectivity index (χ1n) is 9.40. The Balaban J connectivity index is 1.40. The molecule has 1 aliphatic heterocycles. The number of hydrogen-bond acceptors (Lipinski definition) is 2. The number of H-pyrrole nitrogens is 1. The summed E-state index contributed by atoms with van der Waals surface area (Å²) < 4.78 is 0. The van der Waals surface area contributed by atoms with Crippen LogP contribution in [0.2, 0.25) is 0 Å². The maximum absolute atomic E-state index is 6.61. The number of piperidine rings is 1. The van der Waals surface area contributed by atoms with Gasteiger partial charge >= 0.3 is 0 Å². The molecule has 2 heterocycles. The van der Waals surface area contributed by atoms with Gasteiger partial charge in [-0.05, 0) is 42.9 Å². The van der Waals surface area contributed by atoms with Crippen molar-refractivity contribution in [3.05, 3.63) is 71.9 Å². The van der Waals surface area contributed by atoms with Gasteiger partial charge in [-0.25, -0.2) is 0 Å². The number of nitrogens with one attached hydrogen (secondary N) is 2. The third kappa shape index (κ3) is 3.78. The predicted molar refractivity (Wildman–Crippen MR) is 105 cm³/mol. The SMILES string of the molecule is N[C@H](Cc1c[nH]c2ccccc12)[C@@H]1CCC[C@H](Cc2ccccc2)N1. The number of nitrogens with two attached hydrogens (primary N) is 1. The minimum absolute atomic E-state index is 0.151. The molecule has 0 radical (unpaired) electrons. The number of aromatic amines is 1. The fraction of sp³-hybridized carbons (Fsp3) is 0.364. The summed E-state index contributed by atoms with van der Waals surface area (Å²) in [5.74, 6) is 0. The Kier molecular flexibility index (Phi) is 4.86. The molecule has 0 unspecified atom stereocenters. The van der Waals surface area contributed by atoms with Crippen molar-refractivity contribution in [2.24, 2.45) is 5.73 Å². The number of aromatic nitrogens is 1. The molecule has 0 aliphatic carbocycles. The lowest BCUT2D eigenvalue weighted by molar-refractivity contribution is 0.284. The summed E-state index contributed by atoms with van der Waals surface area (Å²) in [5, 5.41) is 5.13. The molecule has 0 amide bonds. The Hall–Kier alpha value is -2.10. The molecule has 0 spiro atoms. The molecule has 1 saturated heterocycles. The van der Waals surface area contributed by atoms with E-state index in [2.05, 4.69) is 71.1 Å². The normalized spacial score (nSPS) is 22.1. The van der Waals surface area contributed by atoms with Gasteiger partial charge in [0, 0.05) is 35.2 Å². The highest BCUT2D eigenvalue weighted by Gasteiger charge is 2.26. The molecule has 3 nitrogen and oxygen atoms in total. The highest BCUT2D eigenvalue weighted by molar-refractivity contribution is 5.83. The summed E-state index contributed by atoms with van der Waals surface area (Å²) in [4.78, 5) is 3.36. The molecule has 4 N–H and O–H groups in total. The van der Waals surface area contributed by atoms with E-state index < -0.39 is 0 Å². The molecule has 4 rings (SSSR count). The zero-order valence-electron chi connectivity index (χ0n) is 14.6. The van der Waals surface area contributed by atoms with Gasteiger partial charge in [-0.15, -0.1) is 0 Å². The number of para-hydroxylation sites is 1. The Bertz CT molecular complexity index is 808. The van der Waals surface area contributed by atoms with Crippen LogP contribution < -0.4 is 11.1 Å². The van der Waals surface area contributed by atoms with Gasteiger partial charge < -0.3 is 16.0 Å². The van der Waals surface area contributed by atoms with Crippen molar-refractivity contribution in [1.82, 2.24) is 10.3 Å². The van der Waals surface area contributed by atoms with Gasteiger partial charge in [0.15, 0.2) is 0 Å². The van der Waals surface area contributed by atoms with Crippen LogP contribution in [0.3, 0.4) is 0 Å². The van der Waals surface area contributed by atoms with Crippen molar-refractivity contribution in [2.45, 2.75) is 50.2 Å². The first kappa shape index (κ1) is 16.4. The molecule has 3 aromatic rings. The van der Waals surface area contributed by atoms with Crippen molar-refractivity contribution < 1.29 is 0 Å². The van der Waals surface area contributed by atoms with E-state index in [4.69, 9.17) is 5.73 Å². The minimum Gasteiger partial charge on any atom is -0.361 e. The van der Waals surface area contributed by atoms with Crippen LogP contribution in [0, 0.1) is 0 Å². The third-order valence-electron chi connectivity index (χ3n) is 5.49. The molecule has 130 valence electrons. The van der Waals surface area contributed by atoms with Crippen LogP contribution in [0.1, 0.15) is 30.4 Å². The molecule has 0 bridgehead atoms. The fourth-order valence-electron chi connectivity index (χ4n) is 4.15. The van der Waals surface area contributed by atoms with Gasteiger partial charge in [0.25, 0.3) is 0 Å². The lowest BCUT2D eigenvalue weighted by Crippen LogP contribution is -2.53. The first-order chi connectivity index (χ1) is 12.3. The number of fused-ring (bicyclic) bond motifs is 1. The molecular weight excluding hydrogens is 306 g/mol. The van der Waals surface area contributed by atoms with Gasteiger partial charge in [-0.1, -0.05) is 55.0 Å². The molecule has 3 atom stereocenters. The van der Waals surface area contributed by atoms with E-state index in [1.54, 1.807) is 0 Å². The van der Waals surface area contributed by atoms with E-state index >= 15 is 0 Å². The van der Waals surface area contributed by atoms with Gasteiger partial charge in [0.2, 0.25) is 0 Å². The average molecular weight is 333 g/mol. The predicted octanol–water partition coefficient (Wildman–Crippen LogP) is 3.79. The van der Waals surface area contributed by atoms with Crippen LogP contribution in [0.5, 0.6) is 0 Å². The summed E-state index contributed by atoms with van der Waals surface area (Å²) in [6, 6.07) is 20.3. The topological polar surface area (TPSA) is 53.8 Å². The van der Waals surface area contributed by atoms with E-state index in [0.717, 1.165) is 12.8 Å². The van der Waals surface area contributed by atoms with Crippen molar-refractivity contribution in [2.75, 3.05) is 0 Å². The van der Waals surface area contributed by atoms with E-state index in [0.29, 0.717) is 12.1 Å². The molecule has 2 aromatic carbocycles. The van der Waals surface area contributed by atoms with E-state index in [1.165, 1.54) is 41.3 Å². The van der Waals surface area contributed by atoms with Gasteiger partial charge in [-0.2, -0.15) is 0 Å². The molecule has 1 aromatic heterocycles. The summed E-state index contributed by atoms with van der Waals surface area (Å²) >= 11 is 0. The van der Waals surface area contributed by atoms with Crippen LogP contribution in [0.4, 0.5) is 0 Å². The van der Waals surface area contributed by atoms with E-state index in [9.17, 15) is 0 Å². The second-order valence-electron chi connectivity index (χ2n) is 7.32. The average Bonchev–Trinajstić information content (AvgIpc) is 3.06. The maximum Gasteiger partial charge on any atom is 0.0456 e.